The van der Waals surface area contributed by atoms with Gasteiger partial charge in [0.2, 0.25) is 10.0 Å². The Kier molecular flexibility index (Phi) is 6.45. The minimum atomic E-state index is -3.53. The van der Waals surface area contributed by atoms with E-state index in [1.54, 1.807) is 38.1 Å². The lowest BCUT2D eigenvalue weighted by Gasteiger charge is -2.20. The van der Waals surface area contributed by atoms with Crippen molar-refractivity contribution in [2.45, 2.75) is 50.6 Å². The van der Waals surface area contributed by atoms with E-state index in [1.165, 1.54) is 0 Å². The Bertz CT molecular complexity index is 515. The van der Waals surface area contributed by atoms with Crippen molar-refractivity contribution in [2.75, 3.05) is 11.9 Å². The fourth-order valence-electron chi connectivity index (χ4n) is 1.95. The maximum Gasteiger partial charge on any atom is 0.242 e. The molecular formula is C14H24N2O3S. The van der Waals surface area contributed by atoms with E-state index in [-0.39, 0.29) is 23.6 Å². The van der Waals surface area contributed by atoms with Gasteiger partial charge in [-0.25, -0.2) is 13.1 Å². The number of para-hydroxylation sites is 1. The SMILES string of the molecule is CCC(CCO)Nc1ccccc1S(=O)(=O)NC(C)C. The summed E-state index contributed by atoms with van der Waals surface area (Å²) in [4.78, 5) is 0.241. The first-order valence-electron chi connectivity index (χ1n) is 6.89. The Hall–Kier alpha value is -1.11. The zero-order valence-electron chi connectivity index (χ0n) is 12.3. The Balaban J connectivity index is 3.04. The minimum absolute atomic E-state index is 0.0513. The minimum Gasteiger partial charge on any atom is -0.396 e. The average Bonchev–Trinajstić information content (AvgIpc) is 2.37. The fraction of sp³-hybridized carbons (Fsp3) is 0.571. The molecule has 6 heteroatoms. The molecule has 1 rings (SSSR count). The quantitative estimate of drug-likeness (QED) is 0.685. The van der Waals surface area contributed by atoms with Gasteiger partial charge in [0.25, 0.3) is 0 Å². The highest BCUT2D eigenvalue weighted by Crippen LogP contribution is 2.22. The Morgan fingerprint density at radius 3 is 2.45 bits per heavy atom. The Labute approximate surface area is 121 Å². The summed E-state index contributed by atoms with van der Waals surface area (Å²) in [5.41, 5.74) is 0.570. The van der Waals surface area contributed by atoms with Gasteiger partial charge in [0.05, 0.1) is 5.69 Å². The zero-order chi connectivity index (χ0) is 15.2. The fourth-order valence-corrected chi connectivity index (χ4v) is 3.37. The maximum absolute atomic E-state index is 12.3. The average molecular weight is 300 g/mol. The molecule has 0 aromatic heterocycles. The van der Waals surface area contributed by atoms with E-state index in [1.807, 2.05) is 6.92 Å². The van der Waals surface area contributed by atoms with Gasteiger partial charge in [-0.2, -0.15) is 0 Å². The highest BCUT2D eigenvalue weighted by Gasteiger charge is 2.20. The Morgan fingerprint density at radius 1 is 1.25 bits per heavy atom. The molecule has 0 radical (unpaired) electrons. The molecule has 1 aromatic rings. The molecule has 3 N–H and O–H groups in total. The van der Waals surface area contributed by atoms with Crippen LogP contribution in [0, 0.1) is 0 Å². The summed E-state index contributed by atoms with van der Waals surface area (Å²) in [5, 5.41) is 12.2. The normalized spacial score (nSPS) is 13.4. The summed E-state index contributed by atoms with van der Waals surface area (Å²) in [6, 6.07) is 6.71. The van der Waals surface area contributed by atoms with Gasteiger partial charge in [0.15, 0.2) is 0 Å². The molecule has 20 heavy (non-hydrogen) atoms. The number of nitrogens with one attached hydrogen (secondary N) is 2. The molecule has 0 amide bonds. The monoisotopic (exact) mass is 300 g/mol. The van der Waals surface area contributed by atoms with Crippen LogP contribution >= 0.6 is 0 Å². The van der Waals surface area contributed by atoms with Gasteiger partial charge < -0.3 is 10.4 Å². The molecule has 0 saturated heterocycles. The van der Waals surface area contributed by atoms with Crippen LogP contribution in [0.3, 0.4) is 0 Å². The first-order chi connectivity index (χ1) is 9.40. The summed E-state index contributed by atoms with van der Waals surface area (Å²) in [7, 11) is -3.53. The molecule has 0 aliphatic rings. The number of anilines is 1. The van der Waals surface area contributed by atoms with E-state index in [9.17, 15) is 8.42 Å². The first-order valence-corrected chi connectivity index (χ1v) is 8.37. The van der Waals surface area contributed by atoms with Crippen LogP contribution in [0.1, 0.15) is 33.6 Å². The second kappa shape index (κ2) is 7.61. The van der Waals surface area contributed by atoms with Crippen molar-refractivity contribution in [3.05, 3.63) is 24.3 Å². The number of sulfonamides is 1. The van der Waals surface area contributed by atoms with E-state index in [2.05, 4.69) is 10.0 Å². The molecule has 0 spiro atoms. The van der Waals surface area contributed by atoms with Crippen molar-refractivity contribution in [3.8, 4) is 0 Å². The molecule has 114 valence electrons. The van der Waals surface area contributed by atoms with E-state index in [4.69, 9.17) is 5.11 Å². The molecule has 0 fully saturated rings. The summed E-state index contributed by atoms with van der Waals surface area (Å²) < 4.78 is 27.2. The number of hydrogen-bond donors (Lipinski definition) is 3. The van der Waals surface area contributed by atoms with Crippen LogP contribution in [0.2, 0.25) is 0 Å². The van der Waals surface area contributed by atoms with Crippen molar-refractivity contribution < 1.29 is 13.5 Å². The third-order valence-corrected chi connectivity index (χ3v) is 4.61. The smallest absolute Gasteiger partial charge is 0.242 e. The summed E-state index contributed by atoms with van der Waals surface area (Å²) in [6.45, 7) is 5.64. The van der Waals surface area contributed by atoms with Crippen molar-refractivity contribution in [1.29, 1.82) is 0 Å². The van der Waals surface area contributed by atoms with Crippen LogP contribution in [0.5, 0.6) is 0 Å². The molecule has 5 nitrogen and oxygen atoms in total. The summed E-state index contributed by atoms with van der Waals surface area (Å²) in [6.07, 6.45) is 1.40. The zero-order valence-corrected chi connectivity index (χ0v) is 13.1. The van der Waals surface area contributed by atoms with Gasteiger partial charge in [-0.05, 0) is 38.8 Å². The van der Waals surface area contributed by atoms with Crippen LogP contribution in [0.4, 0.5) is 5.69 Å². The van der Waals surface area contributed by atoms with Crippen molar-refractivity contribution in [3.63, 3.8) is 0 Å². The molecule has 0 saturated carbocycles. The molecule has 1 atom stereocenters. The summed E-state index contributed by atoms with van der Waals surface area (Å²) >= 11 is 0. The molecule has 1 unspecified atom stereocenters. The van der Waals surface area contributed by atoms with Gasteiger partial charge in [-0.3, -0.25) is 0 Å². The second-order valence-electron chi connectivity index (χ2n) is 5.03. The van der Waals surface area contributed by atoms with E-state index < -0.39 is 10.0 Å². The first kappa shape index (κ1) is 16.9. The number of aliphatic hydroxyl groups is 1. The third-order valence-electron chi connectivity index (χ3n) is 2.90. The van der Waals surface area contributed by atoms with Crippen molar-refractivity contribution >= 4 is 15.7 Å². The predicted molar refractivity (Wildman–Crippen MR) is 81.3 cm³/mol. The number of aliphatic hydroxyl groups excluding tert-OH is 1. The van der Waals surface area contributed by atoms with Crippen LogP contribution in [-0.2, 0) is 10.0 Å². The van der Waals surface area contributed by atoms with Crippen LogP contribution < -0.4 is 10.0 Å². The number of rotatable bonds is 8. The largest absolute Gasteiger partial charge is 0.396 e. The lowest BCUT2D eigenvalue weighted by molar-refractivity contribution is 0.278. The topological polar surface area (TPSA) is 78.4 Å². The Morgan fingerprint density at radius 2 is 1.90 bits per heavy atom. The van der Waals surface area contributed by atoms with Gasteiger partial charge in [0.1, 0.15) is 4.90 Å². The maximum atomic E-state index is 12.3. The molecule has 1 aromatic carbocycles. The molecule has 0 aliphatic heterocycles. The van der Waals surface area contributed by atoms with E-state index >= 15 is 0 Å². The summed E-state index contributed by atoms with van der Waals surface area (Å²) in [5.74, 6) is 0. The van der Waals surface area contributed by atoms with Crippen molar-refractivity contribution in [2.24, 2.45) is 0 Å². The molecule has 0 aliphatic carbocycles. The predicted octanol–water partition coefficient (Wildman–Crippen LogP) is 1.95. The van der Waals surface area contributed by atoms with Gasteiger partial charge in [0, 0.05) is 18.7 Å². The number of hydrogen-bond acceptors (Lipinski definition) is 4. The second-order valence-corrected chi connectivity index (χ2v) is 6.72. The van der Waals surface area contributed by atoms with E-state index in [0.717, 1.165) is 6.42 Å². The van der Waals surface area contributed by atoms with E-state index in [0.29, 0.717) is 12.1 Å². The highest BCUT2D eigenvalue weighted by atomic mass is 32.2. The van der Waals surface area contributed by atoms with Gasteiger partial charge >= 0.3 is 0 Å². The van der Waals surface area contributed by atoms with Gasteiger partial charge in [-0.1, -0.05) is 19.1 Å². The van der Waals surface area contributed by atoms with Gasteiger partial charge in [-0.15, -0.1) is 0 Å². The molecular weight excluding hydrogens is 276 g/mol. The molecule has 0 heterocycles. The van der Waals surface area contributed by atoms with Crippen LogP contribution in [0.25, 0.3) is 0 Å². The highest BCUT2D eigenvalue weighted by molar-refractivity contribution is 7.89. The third kappa shape index (κ3) is 4.77. The van der Waals surface area contributed by atoms with Crippen LogP contribution in [0.15, 0.2) is 29.2 Å². The van der Waals surface area contributed by atoms with Crippen LogP contribution in [-0.4, -0.2) is 32.2 Å². The number of benzene rings is 1. The molecule has 0 bridgehead atoms. The standard InChI is InChI=1S/C14H24N2O3S/c1-4-12(9-10-17)15-13-7-5-6-8-14(13)20(18,19)16-11(2)3/h5-8,11-12,15-17H,4,9-10H2,1-3H3. The lowest BCUT2D eigenvalue weighted by Crippen LogP contribution is -2.31. The lowest BCUT2D eigenvalue weighted by atomic mass is 10.1. The van der Waals surface area contributed by atoms with Crippen molar-refractivity contribution in [1.82, 2.24) is 4.72 Å².